The molecule has 0 aliphatic carbocycles. The smallest absolute Gasteiger partial charge is 0.311 e. The van der Waals surface area contributed by atoms with Crippen LogP contribution in [-0.4, -0.2) is 11.1 Å². The maximum absolute atomic E-state index is 11.6. The van der Waals surface area contributed by atoms with Crippen LogP contribution >= 0.6 is 0 Å². The molecule has 0 radical (unpaired) electrons. The van der Waals surface area contributed by atoms with Crippen LogP contribution in [0.25, 0.3) is 0 Å². The molecule has 0 saturated carbocycles. The van der Waals surface area contributed by atoms with Crippen molar-refractivity contribution < 1.29 is 9.90 Å². The van der Waals surface area contributed by atoms with Gasteiger partial charge in [-0.2, -0.15) is 0 Å². The number of hydrogen-bond donors (Lipinski definition) is 1. The first kappa shape index (κ1) is 16.3. The van der Waals surface area contributed by atoms with E-state index in [9.17, 15) is 9.90 Å². The minimum Gasteiger partial charge on any atom is -0.481 e. The summed E-state index contributed by atoms with van der Waals surface area (Å²) in [4.78, 5) is 11.6. The predicted molar refractivity (Wildman–Crippen MR) is 90.4 cm³/mol. The molecule has 0 aliphatic heterocycles. The van der Waals surface area contributed by atoms with Gasteiger partial charge in [0.1, 0.15) is 0 Å². The van der Waals surface area contributed by atoms with Crippen LogP contribution in [0, 0.1) is 0 Å². The number of hydrogen-bond acceptors (Lipinski definition) is 1. The van der Waals surface area contributed by atoms with Gasteiger partial charge in [0.05, 0.1) is 5.92 Å². The summed E-state index contributed by atoms with van der Waals surface area (Å²) in [6.45, 7) is 6.41. The summed E-state index contributed by atoms with van der Waals surface area (Å²) in [5.41, 5.74) is 4.45. The van der Waals surface area contributed by atoms with E-state index in [1.165, 1.54) is 11.1 Å². The molecular formula is C20H24O2. The van der Waals surface area contributed by atoms with E-state index in [2.05, 4.69) is 32.9 Å². The number of benzene rings is 2. The summed E-state index contributed by atoms with van der Waals surface area (Å²) >= 11 is 0. The van der Waals surface area contributed by atoms with Gasteiger partial charge in [0.15, 0.2) is 0 Å². The van der Waals surface area contributed by atoms with E-state index in [4.69, 9.17) is 0 Å². The highest BCUT2D eigenvalue weighted by Crippen LogP contribution is 2.23. The Kier molecular flexibility index (Phi) is 5.37. The molecule has 0 amide bonds. The predicted octanol–water partition coefficient (Wildman–Crippen LogP) is 4.78. The molecule has 1 N–H and O–H groups in total. The first-order chi connectivity index (χ1) is 10.5. The second kappa shape index (κ2) is 7.26. The van der Waals surface area contributed by atoms with Gasteiger partial charge in [-0.1, -0.05) is 69.3 Å². The number of carboxylic acid groups (broad SMARTS) is 1. The molecule has 1 unspecified atom stereocenters. The fraction of sp³-hybridized carbons (Fsp3) is 0.350. The number of aliphatic carboxylic acids is 1. The molecule has 0 saturated heterocycles. The van der Waals surface area contributed by atoms with E-state index >= 15 is 0 Å². The molecule has 0 aliphatic rings. The van der Waals surface area contributed by atoms with Gasteiger partial charge in [-0.05, 0) is 41.0 Å². The number of rotatable bonds is 6. The van der Waals surface area contributed by atoms with Gasteiger partial charge in [-0.15, -0.1) is 0 Å². The zero-order valence-electron chi connectivity index (χ0n) is 13.5. The second-order valence-electron chi connectivity index (χ2n) is 6.09. The molecule has 116 valence electrons. The van der Waals surface area contributed by atoms with Gasteiger partial charge in [-0.3, -0.25) is 4.79 Å². The number of carboxylic acids is 1. The SMILES string of the molecule is CCc1ccc(C(Cc2ccc(C(C)C)cc2)C(=O)O)cc1. The highest BCUT2D eigenvalue weighted by Gasteiger charge is 2.20. The lowest BCUT2D eigenvalue weighted by molar-refractivity contribution is -0.138. The minimum absolute atomic E-state index is 0.490. The van der Waals surface area contributed by atoms with Crippen molar-refractivity contribution in [2.24, 2.45) is 0 Å². The summed E-state index contributed by atoms with van der Waals surface area (Å²) in [5, 5.41) is 9.56. The molecule has 0 aromatic heterocycles. The zero-order chi connectivity index (χ0) is 16.1. The van der Waals surface area contributed by atoms with Crippen LogP contribution in [-0.2, 0) is 17.6 Å². The Hall–Kier alpha value is -2.09. The van der Waals surface area contributed by atoms with Crippen LogP contribution in [0.15, 0.2) is 48.5 Å². The Morgan fingerprint density at radius 1 is 0.909 bits per heavy atom. The van der Waals surface area contributed by atoms with Crippen LogP contribution in [0.3, 0.4) is 0 Å². The molecule has 0 fully saturated rings. The zero-order valence-corrected chi connectivity index (χ0v) is 13.5. The quantitative estimate of drug-likeness (QED) is 0.832. The van der Waals surface area contributed by atoms with Gasteiger partial charge in [-0.25, -0.2) is 0 Å². The van der Waals surface area contributed by atoms with Crippen molar-refractivity contribution in [1.29, 1.82) is 0 Å². The van der Waals surface area contributed by atoms with Gasteiger partial charge in [0.25, 0.3) is 0 Å². The summed E-state index contributed by atoms with van der Waals surface area (Å²) in [5.74, 6) is -0.765. The molecule has 2 heteroatoms. The van der Waals surface area contributed by atoms with Crippen molar-refractivity contribution >= 4 is 5.97 Å². The topological polar surface area (TPSA) is 37.3 Å². The Morgan fingerprint density at radius 3 is 1.86 bits per heavy atom. The molecule has 2 aromatic carbocycles. The summed E-state index contributed by atoms with van der Waals surface area (Å²) in [7, 11) is 0. The van der Waals surface area contributed by atoms with E-state index in [-0.39, 0.29) is 0 Å². The van der Waals surface area contributed by atoms with Crippen molar-refractivity contribution in [2.45, 2.75) is 45.4 Å². The Labute approximate surface area is 132 Å². The van der Waals surface area contributed by atoms with E-state index in [0.717, 1.165) is 17.5 Å². The summed E-state index contributed by atoms with van der Waals surface area (Å²) in [6.07, 6.45) is 1.49. The summed E-state index contributed by atoms with van der Waals surface area (Å²) in [6, 6.07) is 16.2. The fourth-order valence-corrected chi connectivity index (χ4v) is 2.61. The van der Waals surface area contributed by atoms with E-state index < -0.39 is 11.9 Å². The lowest BCUT2D eigenvalue weighted by Crippen LogP contribution is -2.14. The van der Waals surface area contributed by atoms with Crippen molar-refractivity contribution in [3.05, 3.63) is 70.8 Å². The third kappa shape index (κ3) is 3.97. The normalized spacial score (nSPS) is 12.4. The van der Waals surface area contributed by atoms with E-state index in [1.54, 1.807) is 0 Å². The molecular weight excluding hydrogens is 272 g/mol. The van der Waals surface area contributed by atoms with Crippen LogP contribution in [0.1, 0.15) is 54.9 Å². The van der Waals surface area contributed by atoms with Gasteiger partial charge in [0, 0.05) is 0 Å². The van der Waals surface area contributed by atoms with Crippen molar-refractivity contribution in [3.63, 3.8) is 0 Å². The molecule has 2 rings (SSSR count). The van der Waals surface area contributed by atoms with Crippen molar-refractivity contribution in [3.8, 4) is 0 Å². The van der Waals surface area contributed by atoms with Crippen LogP contribution in [0.2, 0.25) is 0 Å². The largest absolute Gasteiger partial charge is 0.481 e. The maximum atomic E-state index is 11.6. The molecule has 0 spiro atoms. The second-order valence-corrected chi connectivity index (χ2v) is 6.09. The fourth-order valence-electron chi connectivity index (χ4n) is 2.61. The molecule has 0 bridgehead atoms. The first-order valence-electron chi connectivity index (χ1n) is 7.91. The van der Waals surface area contributed by atoms with Crippen LogP contribution < -0.4 is 0 Å². The van der Waals surface area contributed by atoms with Crippen molar-refractivity contribution in [1.82, 2.24) is 0 Å². The lowest BCUT2D eigenvalue weighted by atomic mass is 9.90. The van der Waals surface area contributed by atoms with E-state index in [1.807, 2.05) is 36.4 Å². The van der Waals surface area contributed by atoms with Crippen molar-refractivity contribution in [2.75, 3.05) is 0 Å². The lowest BCUT2D eigenvalue weighted by Gasteiger charge is -2.14. The van der Waals surface area contributed by atoms with Gasteiger partial charge >= 0.3 is 5.97 Å². The standard InChI is InChI=1S/C20H24O2/c1-4-15-5-11-18(12-6-15)19(20(21)22)13-16-7-9-17(10-8-16)14(2)3/h5-12,14,19H,4,13H2,1-3H3,(H,21,22). The molecule has 22 heavy (non-hydrogen) atoms. The molecule has 1 atom stereocenters. The minimum atomic E-state index is -0.766. The number of carbonyl (C=O) groups is 1. The highest BCUT2D eigenvalue weighted by atomic mass is 16.4. The maximum Gasteiger partial charge on any atom is 0.311 e. The third-order valence-corrected chi connectivity index (χ3v) is 4.17. The van der Waals surface area contributed by atoms with E-state index in [0.29, 0.717) is 12.3 Å². The molecule has 2 nitrogen and oxygen atoms in total. The first-order valence-corrected chi connectivity index (χ1v) is 7.91. The third-order valence-electron chi connectivity index (χ3n) is 4.17. The van der Waals surface area contributed by atoms with Crippen LogP contribution in [0.4, 0.5) is 0 Å². The van der Waals surface area contributed by atoms with Gasteiger partial charge in [0.2, 0.25) is 0 Å². The Bertz CT molecular complexity index is 609. The monoisotopic (exact) mass is 296 g/mol. The van der Waals surface area contributed by atoms with Crippen LogP contribution in [0.5, 0.6) is 0 Å². The summed E-state index contributed by atoms with van der Waals surface area (Å²) < 4.78 is 0. The Balaban J connectivity index is 2.19. The molecule has 0 heterocycles. The average molecular weight is 296 g/mol. The highest BCUT2D eigenvalue weighted by molar-refractivity contribution is 5.76. The van der Waals surface area contributed by atoms with Gasteiger partial charge < -0.3 is 5.11 Å². The number of aryl methyl sites for hydroxylation is 1. The Morgan fingerprint density at radius 2 is 1.41 bits per heavy atom. The average Bonchev–Trinajstić information content (AvgIpc) is 2.53. The molecule has 2 aromatic rings.